The Hall–Kier alpha value is -2.05. The van der Waals surface area contributed by atoms with Crippen molar-refractivity contribution >= 4 is 24.0 Å². The number of ether oxygens (including phenoxy) is 1. The molecule has 1 amide bonds. The van der Waals surface area contributed by atoms with E-state index in [9.17, 15) is 4.79 Å². The van der Waals surface area contributed by atoms with Gasteiger partial charge < -0.3 is 15.4 Å². The summed E-state index contributed by atoms with van der Waals surface area (Å²) in [5.41, 5.74) is 2.16. The van der Waals surface area contributed by atoms with Gasteiger partial charge in [-0.15, -0.1) is 12.4 Å². The Bertz CT molecular complexity index is 696. The quantitative estimate of drug-likeness (QED) is 0.889. The van der Waals surface area contributed by atoms with Crippen molar-refractivity contribution in [3.63, 3.8) is 0 Å². The van der Waals surface area contributed by atoms with Crippen LogP contribution in [-0.2, 0) is 0 Å². The van der Waals surface area contributed by atoms with Crippen LogP contribution in [0, 0.1) is 6.92 Å². The lowest BCUT2D eigenvalue weighted by Crippen LogP contribution is -2.32. The molecule has 1 unspecified atom stereocenters. The molecule has 1 fully saturated rings. The minimum absolute atomic E-state index is 0. The minimum atomic E-state index is -0.194. The second-order valence-electron chi connectivity index (χ2n) is 5.82. The van der Waals surface area contributed by atoms with E-state index < -0.39 is 0 Å². The maximum absolute atomic E-state index is 12.4. The van der Waals surface area contributed by atoms with E-state index >= 15 is 0 Å². The highest BCUT2D eigenvalue weighted by Gasteiger charge is 2.18. The molecule has 2 heterocycles. The van der Waals surface area contributed by atoms with Crippen LogP contribution < -0.4 is 15.4 Å². The molecule has 0 aliphatic carbocycles. The molecule has 0 radical (unpaired) electrons. The molecule has 1 aromatic heterocycles. The van der Waals surface area contributed by atoms with Gasteiger partial charge in [0.1, 0.15) is 5.75 Å². The van der Waals surface area contributed by atoms with Crippen LogP contribution in [0.15, 0.2) is 30.5 Å². The lowest BCUT2D eigenvalue weighted by molar-refractivity contribution is 0.102. The van der Waals surface area contributed by atoms with Gasteiger partial charge in [0.2, 0.25) is 0 Å². The first-order valence-corrected chi connectivity index (χ1v) is 7.89. The van der Waals surface area contributed by atoms with Crippen molar-refractivity contribution in [3.05, 3.63) is 41.7 Å². The molecule has 6 nitrogen and oxygen atoms in total. The second kappa shape index (κ2) is 8.17. The zero-order chi connectivity index (χ0) is 16.2. The smallest absolute Gasteiger partial charge is 0.276 e. The Balaban J connectivity index is 0.00000208. The number of hydrogen-bond acceptors (Lipinski definition) is 4. The molecule has 1 aromatic carbocycles. The molecule has 24 heavy (non-hydrogen) atoms. The van der Waals surface area contributed by atoms with E-state index in [4.69, 9.17) is 4.74 Å². The highest BCUT2D eigenvalue weighted by molar-refractivity contribution is 6.03. The monoisotopic (exact) mass is 350 g/mol. The molecular weight excluding hydrogens is 328 g/mol. The summed E-state index contributed by atoms with van der Waals surface area (Å²) in [5, 5.41) is 10.7. The van der Waals surface area contributed by atoms with Crippen molar-refractivity contribution in [2.24, 2.45) is 0 Å². The number of benzene rings is 1. The Morgan fingerprint density at radius 1 is 1.42 bits per heavy atom. The molecule has 2 N–H and O–H groups in total. The molecule has 3 rings (SSSR count). The van der Waals surface area contributed by atoms with E-state index in [-0.39, 0.29) is 18.3 Å². The number of anilines is 1. The van der Waals surface area contributed by atoms with Crippen LogP contribution in [0.25, 0.3) is 0 Å². The first-order valence-electron chi connectivity index (χ1n) is 7.89. The molecule has 7 heteroatoms. The molecule has 0 bridgehead atoms. The number of hydrogen-bond donors (Lipinski definition) is 2. The number of nitrogens with zero attached hydrogens (tertiary/aromatic N) is 2. The van der Waals surface area contributed by atoms with Crippen LogP contribution >= 0.6 is 12.4 Å². The standard InChI is InChI=1S/C17H22N4O2.ClH/c1-12-10-14(23-2)5-6-15(12)19-17(22)16-7-9-21(20-16)13-4-3-8-18-11-13;/h5-7,9-10,13,18H,3-4,8,11H2,1-2H3,(H,19,22);1H. The number of amides is 1. The summed E-state index contributed by atoms with van der Waals surface area (Å²) < 4.78 is 7.07. The van der Waals surface area contributed by atoms with Gasteiger partial charge in [-0.3, -0.25) is 9.48 Å². The summed E-state index contributed by atoms with van der Waals surface area (Å²) in [6, 6.07) is 7.65. The van der Waals surface area contributed by atoms with Crippen LogP contribution in [-0.4, -0.2) is 35.9 Å². The van der Waals surface area contributed by atoms with Gasteiger partial charge in [-0.1, -0.05) is 0 Å². The maximum Gasteiger partial charge on any atom is 0.276 e. The normalized spacial score (nSPS) is 17.0. The average molecular weight is 351 g/mol. The van der Waals surface area contributed by atoms with Gasteiger partial charge in [0.25, 0.3) is 5.91 Å². The molecule has 1 aliphatic heterocycles. The van der Waals surface area contributed by atoms with E-state index in [1.54, 1.807) is 13.2 Å². The van der Waals surface area contributed by atoms with Crippen LogP contribution in [0.5, 0.6) is 5.75 Å². The molecule has 1 atom stereocenters. The van der Waals surface area contributed by atoms with E-state index in [0.29, 0.717) is 11.7 Å². The minimum Gasteiger partial charge on any atom is -0.497 e. The van der Waals surface area contributed by atoms with E-state index in [0.717, 1.165) is 42.9 Å². The number of aromatic nitrogens is 2. The Morgan fingerprint density at radius 2 is 2.25 bits per heavy atom. The van der Waals surface area contributed by atoms with Crippen molar-refractivity contribution in [3.8, 4) is 5.75 Å². The Labute approximate surface area is 148 Å². The number of halogens is 1. The van der Waals surface area contributed by atoms with Gasteiger partial charge in [-0.05, 0) is 56.1 Å². The highest BCUT2D eigenvalue weighted by atomic mass is 35.5. The fourth-order valence-corrected chi connectivity index (χ4v) is 2.81. The third-order valence-corrected chi connectivity index (χ3v) is 4.17. The Morgan fingerprint density at radius 3 is 2.92 bits per heavy atom. The van der Waals surface area contributed by atoms with Gasteiger partial charge in [-0.25, -0.2) is 0 Å². The number of nitrogens with one attached hydrogen (secondary N) is 2. The van der Waals surface area contributed by atoms with Crippen molar-refractivity contribution < 1.29 is 9.53 Å². The zero-order valence-corrected chi connectivity index (χ0v) is 14.7. The van der Waals surface area contributed by atoms with Gasteiger partial charge in [-0.2, -0.15) is 5.10 Å². The third-order valence-electron chi connectivity index (χ3n) is 4.17. The summed E-state index contributed by atoms with van der Waals surface area (Å²) in [6.07, 6.45) is 4.11. The predicted octanol–water partition coefficient (Wildman–Crippen LogP) is 2.80. The highest BCUT2D eigenvalue weighted by Crippen LogP contribution is 2.22. The SMILES string of the molecule is COc1ccc(NC(=O)c2ccn(C3CCCNC3)n2)c(C)c1.Cl. The summed E-state index contributed by atoms with van der Waals surface area (Å²) in [7, 11) is 1.62. The van der Waals surface area contributed by atoms with E-state index in [2.05, 4.69) is 15.7 Å². The maximum atomic E-state index is 12.4. The van der Waals surface area contributed by atoms with Crippen LogP contribution in [0.2, 0.25) is 0 Å². The number of rotatable bonds is 4. The van der Waals surface area contributed by atoms with Crippen molar-refractivity contribution in [2.45, 2.75) is 25.8 Å². The number of aryl methyl sites for hydroxylation is 1. The van der Waals surface area contributed by atoms with Gasteiger partial charge >= 0.3 is 0 Å². The summed E-state index contributed by atoms with van der Waals surface area (Å²) in [6.45, 7) is 3.90. The number of carbonyl (C=O) groups is 1. The fourth-order valence-electron chi connectivity index (χ4n) is 2.81. The van der Waals surface area contributed by atoms with Gasteiger partial charge in [0.15, 0.2) is 5.69 Å². The molecular formula is C17H23ClN4O2. The van der Waals surface area contributed by atoms with Crippen LogP contribution in [0.3, 0.4) is 0 Å². The van der Waals surface area contributed by atoms with E-state index in [1.807, 2.05) is 36.0 Å². The van der Waals surface area contributed by atoms with Crippen LogP contribution in [0.4, 0.5) is 5.69 Å². The summed E-state index contributed by atoms with van der Waals surface area (Å²) >= 11 is 0. The third kappa shape index (κ3) is 4.07. The molecule has 2 aromatic rings. The van der Waals surface area contributed by atoms with Crippen molar-refractivity contribution in [2.75, 3.05) is 25.5 Å². The van der Waals surface area contributed by atoms with Gasteiger partial charge in [0.05, 0.1) is 13.2 Å². The number of piperidine rings is 1. The topological polar surface area (TPSA) is 68.2 Å². The molecule has 1 aliphatic rings. The fraction of sp³-hybridized carbons (Fsp3) is 0.412. The number of carbonyl (C=O) groups excluding carboxylic acids is 1. The first-order chi connectivity index (χ1) is 11.2. The molecule has 0 spiro atoms. The first kappa shape index (κ1) is 18.3. The summed E-state index contributed by atoms with van der Waals surface area (Å²) in [4.78, 5) is 12.4. The Kier molecular flexibility index (Phi) is 6.23. The van der Waals surface area contributed by atoms with Crippen molar-refractivity contribution in [1.29, 1.82) is 0 Å². The molecule has 130 valence electrons. The lowest BCUT2D eigenvalue weighted by Gasteiger charge is -2.22. The van der Waals surface area contributed by atoms with Crippen LogP contribution in [0.1, 0.15) is 34.9 Å². The van der Waals surface area contributed by atoms with E-state index in [1.165, 1.54) is 0 Å². The molecule has 0 saturated carbocycles. The van der Waals surface area contributed by atoms with Gasteiger partial charge in [0, 0.05) is 18.4 Å². The lowest BCUT2D eigenvalue weighted by atomic mass is 10.1. The number of methoxy groups -OCH3 is 1. The molecule has 1 saturated heterocycles. The largest absolute Gasteiger partial charge is 0.497 e. The predicted molar refractivity (Wildman–Crippen MR) is 96.3 cm³/mol. The zero-order valence-electron chi connectivity index (χ0n) is 13.9. The van der Waals surface area contributed by atoms with Crippen molar-refractivity contribution in [1.82, 2.24) is 15.1 Å². The second-order valence-corrected chi connectivity index (χ2v) is 5.82. The average Bonchev–Trinajstić information content (AvgIpc) is 3.07. The summed E-state index contributed by atoms with van der Waals surface area (Å²) in [5.74, 6) is 0.579.